The molecule has 3 rings (SSSR count). The maximum Gasteiger partial charge on any atom is 0.416 e. The van der Waals surface area contributed by atoms with Crippen molar-refractivity contribution in [3.8, 4) is 5.69 Å². The molecular weight excluding hydrogens is 293 g/mol. The molecular formula is C16H11F3N2O. The smallest absolute Gasteiger partial charge is 0.399 e. The highest BCUT2D eigenvalue weighted by molar-refractivity contribution is 5.84. The molecule has 0 aliphatic carbocycles. The Morgan fingerprint density at radius 3 is 2.27 bits per heavy atom. The Hall–Kier alpha value is -2.76. The standard InChI is InChI=1S/C16H11F3N2O/c17-16(18,19)11-1-4-13(5-2-11)21-8-7-10-9-12(20)3-6-14(10)15(21)22/h1-9H,20H2. The Bertz CT molecular complexity index is 896. The highest BCUT2D eigenvalue weighted by atomic mass is 19.4. The van der Waals surface area contributed by atoms with Crippen LogP contribution in [0.5, 0.6) is 0 Å². The topological polar surface area (TPSA) is 48.0 Å². The summed E-state index contributed by atoms with van der Waals surface area (Å²) in [6.45, 7) is 0. The van der Waals surface area contributed by atoms with E-state index in [9.17, 15) is 18.0 Å². The van der Waals surface area contributed by atoms with Crippen LogP contribution < -0.4 is 11.3 Å². The summed E-state index contributed by atoms with van der Waals surface area (Å²) < 4.78 is 39.0. The zero-order valence-electron chi connectivity index (χ0n) is 11.3. The number of aromatic nitrogens is 1. The van der Waals surface area contributed by atoms with Crippen LogP contribution in [-0.4, -0.2) is 4.57 Å². The second-order valence-electron chi connectivity index (χ2n) is 4.88. The van der Waals surface area contributed by atoms with Crippen molar-refractivity contribution in [2.75, 3.05) is 5.73 Å². The number of rotatable bonds is 1. The van der Waals surface area contributed by atoms with Gasteiger partial charge in [-0.3, -0.25) is 9.36 Å². The fraction of sp³-hybridized carbons (Fsp3) is 0.0625. The first-order chi connectivity index (χ1) is 10.4. The van der Waals surface area contributed by atoms with Crippen LogP contribution in [0.1, 0.15) is 5.56 Å². The summed E-state index contributed by atoms with van der Waals surface area (Å²) in [7, 11) is 0. The van der Waals surface area contributed by atoms with Gasteiger partial charge in [-0.2, -0.15) is 13.2 Å². The first-order valence-corrected chi connectivity index (χ1v) is 6.45. The van der Waals surface area contributed by atoms with E-state index in [1.807, 2.05) is 0 Å². The number of hydrogen-bond donors (Lipinski definition) is 1. The van der Waals surface area contributed by atoms with E-state index in [0.717, 1.165) is 12.1 Å². The summed E-state index contributed by atoms with van der Waals surface area (Å²) in [6, 6.07) is 11.0. The highest BCUT2D eigenvalue weighted by Gasteiger charge is 2.30. The molecule has 0 saturated carbocycles. The van der Waals surface area contributed by atoms with Crippen LogP contribution in [0.2, 0.25) is 0 Å². The lowest BCUT2D eigenvalue weighted by Crippen LogP contribution is -2.17. The van der Waals surface area contributed by atoms with Crippen LogP contribution in [0.25, 0.3) is 16.5 Å². The van der Waals surface area contributed by atoms with Crippen molar-refractivity contribution in [2.24, 2.45) is 0 Å². The van der Waals surface area contributed by atoms with Gasteiger partial charge in [0.15, 0.2) is 0 Å². The first-order valence-electron chi connectivity index (χ1n) is 6.45. The molecule has 3 aromatic rings. The molecule has 1 heterocycles. The minimum absolute atomic E-state index is 0.308. The molecule has 112 valence electrons. The van der Waals surface area contributed by atoms with E-state index < -0.39 is 11.7 Å². The van der Waals surface area contributed by atoms with Crippen LogP contribution in [-0.2, 0) is 6.18 Å². The normalized spacial score (nSPS) is 11.8. The third kappa shape index (κ3) is 2.43. The van der Waals surface area contributed by atoms with Gasteiger partial charge in [-0.05, 0) is 53.9 Å². The van der Waals surface area contributed by atoms with Crippen molar-refractivity contribution >= 4 is 16.5 Å². The molecule has 22 heavy (non-hydrogen) atoms. The lowest BCUT2D eigenvalue weighted by atomic mass is 10.1. The van der Waals surface area contributed by atoms with Crippen LogP contribution in [0.15, 0.2) is 59.5 Å². The highest BCUT2D eigenvalue weighted by Crippen LogP contribution is 2.29. The monoisotopic (exact) mass is 304 g/mol. The van der Waals surface area contributed by atoms with Gasteiger partial charge in [-0.1, -0.05) is 0 Å². The third-order valence-electron chi connectivity index (χ3n) is 3.40. The second-order valence-corrected chi connectivity index (χ2v) is 4.88. The number of benzene rings is 2. The molecule has 0 amide bonds. The predicted molar refractivity (Wildman–Crippen MR) is 79.0 cm³/mol. The molecule has 0 spiro atoms. The summed E-state index contributed by atoms with van der Waals surface area (Å²) in [5.41, 5.74) is 5.52. The molecule has 1 aromatic heterocycles. The van der Waals surface area contributed by atoms with Gasteiger partial charge in [0, 0.05) is 23.0 Å². The number of fused-ring (bicyclic) bond motifs is 1. The van der Waals surface area contributed by atoms with E-state index in [1.165, 1.54) is 22.9 Å². The Morgan fingerprint density at radius 2 is 1.64 bits per heavy atom. The molecule has 0 aliphatic rings. The first kappa shape index (κ1) is 14.2. The van der Waals surface area contributed by atoms with E-state index in [4.69, 9.17) is 5.73 Å². The SMILES string of the molecule is Nc1ccc2c(=O)n(-c3ccc(C(F)(F)F)cc3)ccc2c1. The van der Waals surface area contributed by atoms with Crippen molar-refractivity contribution in [3.05, 3.63) is 70.6 Å². The summed E-state index contributed by atoms with van der Waals surface area (Å²) in [5.74, 6) is 0. The van der Waals surface area contributed by atoms with Crippen molar-refractivity contribution in [2.45, 2.75) is 6.18 Å². The lowest BCUT2D eigenvalue weighted by molar-refractivity contribution is -0.137. The fourth-order valence-corrected chi connectivity index (χ4v) is 2.28. The fourth-order valence-electron chi connectivity index (χ4n) is 2.28. The van der Waals surface area contributed by atoms with Crippen LogP contribution in [0.4, 0.5) is 18.9 Å². The number of nitrogens with two attached hydrogens (primary N) is 1. The zero-order chi connectivity index (χ0) is 15.9. The van der Waals surface area contributed by atoms with Crippen molar-refractivity contribution < 1.29 is 13.2 Å². The number of anilines is 1. The van der Waals surface area contributed by atoms with Gasteiger partial charge >= 0.3 is 6.18 Å². The Kier molecular flexibility index (Phi) is 3.16. The average Bonchev–Trinajstić information content (AvgIpc) is 2.47. The third-order valence-corrected chi connectivity index (χ3v) is 3.40. The summed E-state index contributed by atoms with van der Waals surface area (Å²) in [5, 5.41) is 1.14. The van der Waals surface area contributed by atoms with Gasteiger partial charge in [0.1, 0.15) is 0 Å². The summed E-state index contributed by atoms with van der Waals surface area (Å²) in [6.07, 6.45) is -2.88. The van der Waals surface area contributed by atoms with Crippen LogP contribution >= 0.6 is 0 Å². The van der Waals surface area contributed by atoms with E-state index >= 15 is 0 Å². The van der Waals surface area contributed by atoms with Crippen LogP contribution in [0.3, 0.4) is 0 Å². The van der Waals surface area contributed by atoms with E-state index in [-0.39, 0.29) is 5.56 Å². The van der Waals surface area contributed by atoms with Gasteiger partial charge in [0.25, 0.3) is 5.56 Å². The number of hydrogen-bond acceptors (Lipinski definition) is 2. The molecule has 0 bridgehead atoms. The van der Waals surface area contributed by atoms with E-state index in [0.29, 0.717) is 22.1 Å². The quantitative estimate of drug-likeness (QED) is 0.698. The van der Waals surface area contributed by atoms with Gasteiger partial charge in [0.2, 0.25) is 0 Å². The molecule has 0 saturated heterocycles. The maximum atomic E-state index is 12.6. The van der Waals surface area contributed by atoms with Crippen molar-refractivity contribution in [3.63, 3.8) is 0 Å². The lowest BCUT2D eigenvalue weighted by Gasteiger charge is -2.10. The maximum absolute atomic E-state index is 12.6. The molecule has 3 nitrogen and oxygen atoms in total. The molecule has 2 N–H and O–H groups in total. The molecule has 0 aliphatic heterocycles. The molecule has 0 atom stereocenters. The summed E-state index contributed by atoms with van der Waals surface area (Å²) >= 11 is 0. The van der Waals surface area contributed by atoms with Gasteiger partial charge < -0.3 is 5.73 Å². The Balaban J connectivity index is 2.13. The molecule has 6 heteroatoms. The van der Waals surface area contributed by atoms with Gasteiger partial charge in [0.05, 0.1) is 5.56 Å². The second kappa shape index (κ2) is 4.91. The van der Waals surface area contributed by atoms with E-state index in [2.05, 4.69) is 0 Å². The number of pyridine rings is 1. The minimum atomic E-state index is -4.40. The Morgan fingerprint density at radius 1 is 0.955 bits per heavy atom. The van der Waals surface area contributed by atoms with E-state index in [1.54, 1.807) is 24.3 Å². The zero-order valence-corrected chi connectivity index (χ0v) is 11.3. The van der Waals surface area contributed by atoms with Crippen molar-refractivity contribution in [1.29, 1.82) is 0 Å². The molecule has 0 radical (unpaired) electrons. The number of halogens is 3. The summed E-state index contributed by atoms with van der Waals surface area (Å²) in [4.78, 5) is 12.4. The average molecular weight is 304 g/mol. The molecule has 2 aromatic carbocycles. The molecule has 0 unspecified atom stereocenters. The predicted octanol–water partition coefficient (Wildman–Crippen LogP) is 3.59. The van der Waals surface area contributed by atoms with Gasteiger partial charge in [-0.15, -0.1) is 0 Å². The minimum Gasteiger partial charge on any atom is -0.399 e. The van der Waals surface area contributed by atoms with Gasteiger partial charge in [-0.25, -0.2) is 0 Å². The van der Waals surface area contributed by atoms with Crippen LogP contribution in [0, 0.1) is 0 Å². The number of alkyl halides is 3. The van der Waals surface area contributed by atoms with Crippen molar-refractivity contribution in [1.82, 2.24) is 4.57 Å². The number of nitrogens with zero attached hydrogens (tertiary/aromatic N) is 1. The number of nitrogen functional groups attached to an aromatic ring is 1. The largest absolute Gasteiger partial charge is 0.416 e. The Labute approximate surface area is 123 Å². The molecule has 0 fully saturated rings.